The van der Waals surface area contributed by atoms with Crippen LogP contribution in [0.25, 0.3) is 0 Å². The van der Waals surface area contributed by atoms with E-state index in [0.717, 1.165) is 6.42 Å². The number of nitrogens with zero attached hydrogens (tertiary/aromatic N) is 1. The zero-order valence-electron chi connectivity index (χ0n) is 9.51. The zero-order chi connectivity index (χ0) is 12.9. The van der Waals surface area contributed by atoms with Gasteiger partial charge in [-0.05, 0) is 12.5 Å². The largest absolute Gasteiger partial charge is 0.396 e. The molecule has 0 bridgehead atoms. The van der Waals surface area contributed by atoms with Crippen molar-refractivity contribution in [2.45, 2.75) is 18.2 Å². The van der Waals surface area contributed by atoms with E-state index in [1.807, 2.05) is 6.92 Å². The SMILES string of the molecule is CCCNC(=O)CS(=O)(=O)c1ccncc1N. The van der Waals surface area contributed by atoms with Crippen LogP contribution in [0.15, 0.2) is 23.4 Å². The molecule has 0 saturated carbocycles. The number of hydrogen-bond donors (Lipinski definition) is 2. The monoisotopic (exact) mass is 257 g/mol. The Kier molecular flexibility index (Phi) is 4.45. The van der Waals surface area contributed by atoms with E-state index in [9.17, 15) is 13.2 Å². The summed E-state index contributed by atoms with van der Waals surface area (Å²) < 4.78 is 23.7. The van der Waals surface area contributed by atoms with E-state index in [4.69, 9.17) is 5.73 Å². The summed E-state index contributed by atoms with van der Waals surface area (Å²) in [4.78, 5) is 15.0. The fraction of sp³-hybridized carbons (Fsp3) is 0.400. The maximum Gasteiger partial charge on any atom is 0.235 e. The van der Waals surface area contributed by atoms with Crippen LogP contribution in [-0.4, -0.2) is 31.6 Å². The first-order valence-corrected chi connectivity index (χ1v) is 6.81. The second kappa shape index (κ2) is 5.62. The van der Waals surface area contributed by atoms with Crippen molar-refractivity contribution in [3.63, 3.8) is 0 Å². The van der Waals surface area contributed by atoms with Gasteiger partial charge in [0.2, 0.25) is 5.91 Å². The van der Waals surface area contributed by atoms with E-state index in [-0.39, 0.29) is 10.6 Å². The Morgan fingerprint density at radius 3 is 2.82 bits per heavy atom. The predicted molar refractivity (Wildman–Crippen MR) is 64.0 cm³/mol. The number of nitrogen functional groups attached to an aromatic ring is 1. The molecule has 0 radical (unpaired) electrons. The number of nitrogens with two attached hydrogens (primary N) is 1. The third kappa shape index (κ3) is 3.70. The first-order valence-electron chi connectivity index (χ1n) is 5.16. The molecule has 6 nitrogen and oxygen atoms in total. The first kappa shape index (κ1) is 13.4. The molecule has 1 aromatic rings. The highest BCUT2D eigenvalue weighted by molar-refractivity contribution is 7.92. The summed E-state index contributed by atoms with van der Waals surface area (Å²) in [6.45, 7) is 2.34. The van der Waals surface area contributed by atoms with Crippen LogP contribution in [0.3, 0.4) is 0 Å². The van der Waals surface area contributed by atoms with E-state index < -0.39 is 21.5 Å². The normalized spacial score (nSPS) is 11.1. The number of aromatic nitrogens is 1. The minimum atomic E-state index is -3.70. The Morgan fingerprint density at radius 2 is 2.24 bits per heavy atom. The van der Waals surface area contributed by atoms with Gasteiger partial charge in [-0.1, -0.05) is 6.92 Å². The molecular formula is C10H15N3O3S. The molecule has 0 atom stereocenters. The lowest BCUT2D eigenvalue weighted by molar-refractivity contribution is -0.118. The van der Waals surface area contributed by atoms with Crippen LogP contribution in [-0.2, 0) is 14.6 Å². The summed E-state index contributed by atoms with van der Waals surface area (Å²) in [5.74, 6) is -1.12. The van der Waals surface area contributed by atoms with Gasteiger partial charge in [-0.2, -0.15) is 0 Å². The van der Waals surface area contributed by atoms with Crippen LogP contribution in [0.2, 0.25) is 0 Å². The summed E-state index contributed by atoms with van der Waals surface area (Å²) in [6.07, 6.45) is 3.33. The number of sulfone groups is 1. The molecule has 0 spiro atoms. The molecular weight excluding hydrogens is 242 g/mol. The highest BCUT2D eigenvalue weighted by Crippen LogP contribution is 2.17. The minimum Gasteiger partial charge on any atom is -0.396 e. The third-order valence-electron chi connectivity index (χ3n) is 2.04. The van der Waals surface area contributed by atoms with Gasteiger partial charge in [-0.15, -0.1) is 0 Å². The standard InChI is InChI=1S/C10H15N3O3S/c1-2-4-13-10(14)7-17(15,16)9-3-5-12-6-8(9)11/h3,5-6H,2,4,7,11H2,1H3,(H,13,14). The molecule has 7 heteroatoms. The lowest BCUT2D eigenvalue weighted by Crippen LogP contribution is -2.31. The molecule has 0 aliphatic rings. The zero-order valence-corrected chi connectivity index (χ0v) is 10.3. The third-order valence-corrected chi connectivity index (χ3v) is 3.72. The molecule has 1 amide bonds. The van der Waals surface area contributed by atoms with Gasteiger partial charge in [0.25, 0.3) is 0 Å². The molecule has 3 N–H and O–H groups in total. The molecule has 1 aromatic heterocycles. The van der Waals surface area contributed by atoms with Gasteiger partial charge in [0, 0.05) is 12.7 Å². The Hall–Kier alpha value is -1.63. The van der Waals surface area contributed by atoms with E-state index in [2.05, 4.69) is 10.3 Å². The van der Waals surface area contributed by atoms with Gasteiger partial charge in [-0.25, -0.2) is 8.42 Å². The molecule has 1 rings (SSSR count). The number of amides is 1. The van der Waals surface area contributed by atoms with E-state index >= 15 is 0 Å². The fourth-order valence-corrected chi connectivity index (χ4v) is 2.53. The lowest BCUT2D eigenvalue weighted by Gasteiger charge is -2.07. The summed E-state index contributed by atoms with van der Waals surface area (Å²) in [5, 5.41) is 2.50. The molecule has 0 fully saturated rings. The van der Waals surface area contributed by atoms with Gasteiger partial charge >= 0.3 is 0 Å². The van der Waals surface area contributed by atoms with Crippen molar-refractivity contribution in [1.82, 2.24) is 10.3 Å². The van der Waals surface area contributed by atoms with Crippen molar-refractivity contribution in [3.8, 4) is 0 Å². The van der Waals surface area contributed by atoms with Crippen LogP contribution < -0.4 is 11.1 Å². The highest BCUT2D eigenvalue weighted by Gasteiger charge is 2.21. The molecule has 94 valence electrons. The topological polar surface area (TPSA) is 102 Å². The van der Waals surface area contributed by atoms with Crippen molar-refractivity contribution in [2.75, 3.05) is 18.0 Å². The lowest BCUT2D eigenvalue weighted by atomic mass is 10.4. The Bertz CT molecular complexity index is 499. The van der Waals surface area contributed by atoms with E-state index in [1.54, 1.807) is 0 Å². The summed E-state index contributed by atoms with van der Waals surface area (Å²) in [7, 11) is -3.70. The van der Waals surface area contributed by atoms with Crippen LogP contribution >= 0.6 is 0 Å². The van der Waals surface area contributed by atoms with Gasteiger partial charge in [0.15, 0.2) is 9.84 Å². The molecule has 0 aliphatic carbocycles. The fourth-order valence-electron chi connectivity index (χ4n) is 1.24. The highest BCUT2D eigenvalue weighted by atomic mass is 32.2. The van der Waals surface area contributed by atoms with Gasteiger partial charge in [0.1, 0.15) is 5.75 Å². The van der Waals surface area contributed by atoms with Crippen LogP contribution in [0.1, 0.15) is 13.3 Å². The molecule has 0 saturated heterocycles. The maximum atomic E-state index is 11.9. The first-order chi connectivity index (χ1) is 7.97. The van der Waals surface area contributed by atoms with Crippen molar-refractivity contribution in [2.24, 2.45) is 0 Å². The van der Waals surface area contributed by atoms with E-state index in [0.29, 0.717) is 6.54 Å². The predicted octanol–water partition coefficient (Wildman–Crippen LogP) is -0.0363. The van der Waals surface area contributed by atoms with Crippen molar-refractivity contribution in [1.29, 1.82) is 0 Å². The minimum absolute atomic E-state index is 0.0517. The van der Waals surface area contributed by atoms with Crippen molar-refractivity contribution in [3.05, 3.63) is 18.5 Å². The number of hydrogen-bond acceptors (Lipinski definition) is 5. The average Bonchev–Trinajstić information content (AvgIpc) is 2.26. The number of carbonyl (C=O) groups excluding carboxylic acids is 1. The summed E-state index contributed by atoms with van der Waals surface area (Å²) in [5.41, 5.74) is 5.56. The summed E-state index contributed by atoms with van der Waals surface area (Å²) >= 11 is 0. The molecule has 1 heterocycles. The second-order valence-corrected chi connectivity index (χ2v) is 5.48. The van der Waals surface area contributed by atoms with Gasteiger partial charge < -0.3 is 11.1 Å². The second-order valence-electron chi connectivity index (χ2n) is 3.52. The molecule has 17 heavy (non-hydrogen) atoms. The Morgan fingerprint density at radius 1 is 1.53 bits per heavy atom. The number of carbonyl (C=O) groups is 1. The smallest absolute Gasteiger partial charge is 0.235 e. The quantitative estimate of drug-likeness (QED) is 0.770. The molecule has 0 aliphatic heterocycles. The number of nitrogens with one attached hydrogen (secondary N) is 1. The van der Waals surface area contributed by atoms with Gasteiger partial charge in [0.05, 0.1) is 16.8 Å². The van der Waals surface area contributed by atoms with Crippen LogP contribution in [0.5, 0.6) is 0 Å². The molecule has 0 unspecified atom stereocenters. The average molecular weight is 257 g/mol. The summed E-state index contributed by atoms with van der Waals surface area (Å²) in [6, 6.07) is 1.29. The van der Waals surface area contributed by atoms with Crippen molar-refractivity contribution >= 4 is 21.4 Å². The van der Waals surface area contributed by atoms with Crippen LogP contribution in [0.4, 0.5) is 5.69 Å². The van der Waals surface area contributed by atoms with Crippen molar-refractivity contribution < 1.29 is 13.2 Å². The number of rotatable bonds is 5. The Balaban J connectivity index is 2.83. The van der Waals surface area contributed by atoms with Crippen LogP contribution in [0, 0.1) is 0 Å². The number of pyridine rings is 1. The van der Waals surface area contributed by atoms with Gasteiger partial charge in [-0.3, -0.25) is 9.78 Å². The number of anilines is 1. The molecule has 0 aromatic carbocycles. The van der Waals surface area contributed by atoms with E-state index in [1.165, 1.54) is 18.5 Å². The maximum absolute atomic E-state index is 11.9. The Labute approximate surface area is 100 Å².